The Morgan fingerprint density at radius 3 is 2.81 bits per heavy atom. The third-order valence-electron chi connectivity index (χ3n) is 1.92. The van der Waals surface area contributed by atoms with Gasteiger partial charge >= 0.3 is 5.97 Å². The van der Waals surface area contributed by atoms with E-state index in [9.17, 15) is 15.0 Å². The molecule has 0 saturated heterocycles. The van der Waals surface area contributed by atoms with Gasteiger partial charge in [-0.05, 0) is 23.1 Å². The monoisotopic (exact) mass is 260 g/mol. The number of carboxylic acid groups (broad SMARTS) is 1. The second-order valence-corrected chi connectivity index (χ2v) is 4.46. The minimum absolute atomic E-state index is 0.164. The van der Waals surface area contributed by atoms with Crippen molar-refractivity contribution in [3.63, 3.8) is 0 Å². The Balaban J connectivity index is 2.74. The molecule has 0 amide bonds. The molecule has 0 aliphatic rings. The van der Waals surface area contributed by atoms with Crippen LogP contribution in [0, 0.1) is 0 Å². The van der Waals surface area contributed by atoms with E-state index in [2.05, 4.69) is 12.6 Å². The van der Waals surface area contributed by atoms with Crippen LogP contribution in [0.25, 0.3) is 6.08 Å². The van der Waals surface area contributed by atoms with Crippen LogP contribution in [0.3, 0.4) is 0 Å². The number of aliphatic carboxylic acids is 1. The number of thiophene rings is 1. The van der Waals surface area contributed by atoms with Crippen molar-refractivity contribution in [3.05, 3.63) is 28.0 Å². The summed E-state index contributed by atoms with van der Waals surface area (Å²) < 4.78 is 0. The van der Waals surface area contributed by atoms with E-state index in [1.54, 1.807) is 11.4 Å². The molecule has 0 radical (unpaired) electrons. The second-order valence-electron chi connectivity index (χ2n) is 3.15. The van der Waals surface area contributed by atoms with Crippen LogP contribution < -0.4 is 0 Å². The van der Waals surface area contributed by atoms with Crippen LogP contribution in [0.1, 0.15) is 16.5 Å². The Labute approximate surface area is 102 Å². The SMILES string of the molecule is O=C(O)/C=C/c1cc(C(O)C(O)CS)cs1. The normalized spacial score (nSPS) is 15.2. The Hall–Kier alpha value is -0.820. The zero-order valence-electron chi connectivity index (χ0n) is 8.28. The predicted molar refractivity (Wildman–Crippen MR) is 65.8 cm³/mol. The van der Waals surface area contributed by atoms with Crippen molar-refractivity contribution in [3.8, 4) is 0 Å². The zero-order chi connectivity index (χ0) is 12.1. The van der Waals surface area contributed by atoms with E-state index < -0.39 is 18.2 Å². The van der Waals surface area contributed by atoms with Crippen molar-refractivity contribution in [1.82, 2.24) is 0 Å². The maximum absolute atomic E-state index is 10.3. The highest BCUT2D eigenvalue weighted by molar-refractivity contribution is 7.80. The number of hydrogen-bond acceptors (Lipinski definition) is 5. The van der Waals surface area contributed by atoms with Crippen LogP contribution in [-0.4, -0.2) is 33.1 Å². The molecule has 1 rings (SSSR count). The summed E-state index contributed by atoms with van der Waals surface area (Å²) in [6.45, 7) is 0. The quantitative estimate of drug-likeness (QED) is 0.473. The fraction of sp³-hybridized carbons (Fsp3) is 0.300. The lowest BCUT2D eigenvalue weighted by molar-refractivity contribution is -0.131. The van der Waals surface area contributed by atoms with Gasteiger partial charge in [0.25, 0.3) is 0 Å². The number of hydrogen-bond donors (Lipinski definition) is 4. The molecule has 2 atom stereocenters. The van der Waals surface area contributed by atoms with Crippen LogP contribution in [0.5, 0.6) is 0 Å². The number of carboxylic acids is 1. The molecule has 6 heteroatoms. The summed E-state index contributed by atoms with van der Waals surface area (Å²) in [6, 6.07) is 1.64. The Morgan fingerprint density at radius 2 is 2.25 bits per heavy atom. The Morgan fingerprint density at radius 1 is 1.56 bits per heavy atom. The second kappa shape index (κ2) is 6.05. The Bertz CT molecular complexity index is 386. The molecule has 4 nitrogen and oxygen atoms in total. The minimum Gasteiger partial charge on any atom is -0.478 e. The fourth-order valence-electron chi connectivity index (χ4n) is 1.09. The molecule has 0 spiro atoms. The summed E-state index contributed by atoms with van der Waals surface area (Å²) in [5, 5.41) is 29.1. The van der Waals surface area contributed by atoms with Gasteiger partial charge in [0, 0.05) is 16.7 Å². The van der Waals surface area contributed by atoms with Crippen LogP contribution in [0.15, 0.2) is 17.5 Å². The summed E-state index contributed by atoms with van der Waals surface area (Å²) in [7, 11) is 0. The number of carbonyl (C=O) groups is 1. The summed E-state index contributed by atoms with van der Waals surface area (Å²) in [5.41, 5.74) is 0.566. The number of aliphatic hydroxyl groups is 2. The predicted octanol–water partition coefficient (Wildman–Crippen LogP) is 1.17. The topological polar surface area (TPSA) is 77.8 Å². The molecular weight excluding hydrogens is 248 g/mol. The van der Waals surface area contributed by atoms with Crippen molar-refractivity contribution in [2.75, 3.05) is 5.75 Å². The lowest BCUT2D eigenvalue weighted by Crippen LogP contribution is -2.19. The van der Waals surface area contributed by atoms with E-state index in [4.69, 9.17) is 5.11 Å². The first-order chi connectivity index (χ1) is 7.54. The van der Waals surface area contributed by atoms with Crippen molar-refractivity contribution < 1.29 is 20.1 Å². The van der Waals surface area contributed by atoms with Crippen LogP contribution >= 0.6 is 24.0 Å². The van der Waals surface area contributed by atoms with E-state index in [-0.39, 0.29) is 5.75 Å². The van der Waals surface area contributed by atoms with Gasteiger partial charge < -0.3 is 15.3 Å². The van der Waals surface area contributed by atoms with Crippen molar-refractivity contribution in [1.29, 1.82) is 0 Å². The first-order valence-corrected chi connectivity index (χ1v) is 6.02. The highest BCUT2D eigenvalue weighted by Gasteiger charge is 2.17. The lowest BCUT2D eigenvalue weighted by atomic mass is 10.1. The molecule has 0 aliphatic carbocycles. The van der Waals surface area contributed by atoms with Crippen molar-refractivity contribution in [2.24, 2.45) is 0 Å². The van der Waals surface area contributed by atoms with Gasteiger partial charge in [-0.15, -0.1) is 11.3 Å². The molecule has 3 N–H and O–H groups in total. The average Bonchev–Trinajstić information content (AvgIpc) is 2.72. The number of aliphatic hydroxyl groups excluding tert-OH is 2. The number of rotatable bonds is 5. The van der Waals surface area contributed by atoms with Gasteiger partial charge in [-0.1, -0.05) is 0 Å². The summed E-state index contributed by atoms with van der Waals surface area (Å²) in [6.07, 6.45) is 0.558. The maximum Gasteiger partial charge on any atom is 0.328 e. The molecule has 0 fully saturated rings. The van der Waals surface area contributed by atoms with Crippen LogP contribution in [0.2, 0.25) is 0 Å². The van der Waals surface area contributed by atoms with Crippen molar-refractivity contribution >= 4 is 36.0 Å². The highest BCUT2D eigenvalue weighted by atomic mass is 32.1. The summed E-state index contributed by atoms with van der Waals surface area (Å²) >= 11 is 5.18. The first-order valence-electron chi connectivity index (χ1n) is 4.51. The molecule has 88 valence electrons. The smallest absolute Gasteiger partial charge is 0.328 e. The highest BCUT2D eigenvalue weighted by Crippen LogP contribution is 2.24. The van der Waals surface area contributed by atoms with Gasteiger partial charge in [-0.2, -0.15) is 12.6 Å². The minimum atomic E-state index is -1.02. The van der Waals surface area contributed by atoms with Gasteiger partial charge in [-0.3, -0.25) is 0 Å². The van der Waals surface area contributed by atoms with Gasteiger partial charge in [0.1, 0.15) is 6.10 Å². The zero-order valence-corrected chi connectivity index (χ0v) is 9.99. The van der Waals surface area contributed by atoms with E-state index in [0.29, 0.717) is 10.4 Å². The molecule has 2 unspecified atom stereocenters. The average molecular weight is 260 g/mol. The van der Waals surface area contributed by atoms with Crippen LogP contribution in [0.4, 0.5) is 0 Å². The van der Waals surface area contributed by atoms with Gasteiger partial charge in [0.05, 0.1) is 6.10 Å². The molecule has 0 saturated carbocycles. The lowest BCUT2D eigenvalue weighted by Gasteiger charge is -2.13. The molecule has 16 heavy (non-hydrogen) atoms. The van der Waals surface area contributed by atoms with Gasteiger partial charge in [0.15, 0.2) is 0 Å². The van der Waals surface area contributed by atoms with E-state index in [1.807, 2.05) is 0 Å². The first kappa shape index (κ1) is 13.2. The largest absolute Gasteiger partial charge is 0.478 e. The Kier molecular flexibility index (Phi) is 5.01. The van der Waals surface area contributed by atoms with E-state index >= 15 is 0 Å². The summed E-state index contributed by atoms with van der Waals surface area (Å²) in [5.74, 6) is -0.858. The molecule has 1 heterocycles. The van der Waals surface area contributed by atoms with E-state index in [1.165, 1.54) is 17.4 Å². The third-order valence-corrected chi connectivity index (χ3v) is 3.21. The molecule has 0 bridgehead atoms. The maximum atomic E-state index is 10.3. The van der Waals surface area contributed by atoms with Gasteiger partial charge in [-0.25, -0.2) is 4.79 Å². The number of thiol groups is 1. The van der Waals surface area contributed by atoms with Crippen LogP contribution in [-0.2, 0) is 4.79 Å². The van der Waals surface area contributed by atoms with Gasteiger partial charge in [0.2, 0.25) is 0 Å². The van der Waals surface area contributed by atoms with Crippen molar-refractivity contribution in [2.45, 2.75) is 12.2 Å². The summed E-state index contributed by atoms with van der Waals surface area (Å²) in [4.78, 5) is 11.0. The molecule has 1 aromatic rings. The molecule has 0 aromatic carbocycles. The standard InChI is InChI=1S/C10H12O4S2/c11-8(4-15)10(14)6-3-7(16-5-6)1-2-9(12)13/h1-3,5,8,10-11,14-15H,4H2,(H,12,13)/b2-1+. The fourth-order valence-corrected chi connectivity index (χ4v) is 2.12. The molecule has 0 aliphatic heterocycles. The molecular formula is C10H12O4S2. The molecule has 1 aromatic heterocycles. The third kappa shape index (κ3) is 3.64. The van der Waals surface area contributed by atoms with E-state index in [0.717, 1.165) is 6.08 Å².